The Morgan fingerprint density at radius 1 is 1.07 bits per heavy atom. The van der Waals surface area contributed by atoms with Crippen molar-refractivity contribution in [3.63, 3.8) is 0 Å². The number of aryl methyl sites for hydroxylation is 1. The fraction of sp³-hybridized carbons (Fsp3) is 0.571. The number of carbonyl (C=O) groups is 3. The molecular formula is C21H30N2O4. The minimum absolute atomic E-state index is 0.0249. The Labute approximate surface area is 161 Å². The zero-order valence-corrected chi connectivity index (χ0v) is 16.3. The topological polar surface area (TPSA) is 75.7 Å². The number of nitrogens with one attached hydrogen (secondary N) is 1. The number of ether oxygens (including phenoxy) is 1. The number of hydrogen-bond donors (Lipinski definition) is 1. The van der Waals surface area contributed by atoms with Crippen LogP contribution in [-0.4, -0.2) is 48.2 Å². The molecule has 1 aromatic carbocycles. The van der Waals surface area contributed by atoms with E-state index in [0.717, 1.165) is 18.6 Å². The lowest BCUT2D eigenvalue weighted by molar-refractivity contribution is -0.132. The first-order valence-electron chi connectivity index (χ1n) is 9.70. The van der Waals surface area contributed by atoms with Crippen LogP contribution >= 0.6 is 0 Å². The lowest BCUT2D eigenvalue weighted by Crippen LogP contribution is -2.46. The predicted octanol–water partition coefficient (Wildman–Crippen LogP) is 2.63. The summed E-state index contributed by atoms with van der Waals surface area (Å²) in [5.41, 5.74) is 1.19. The highest BCUT2D eigenvalue weighted by atomic mass is 16.5. The number of likely N-dealkylation sites (tertiary alicyclic amines) is 1. The molecule has 0 atom stereocenters. The van der Waals surface area contributed by atoms with Crippen LogP contribution in [0.5, 0.6) is 5.75 Å². The molecule has 1 N–H and O–H groups in total. The van der Waals surface area contributed by atoms with E-state index in [1.807, 2.05) is 36.1 Å². The molecule has 1 aliphatic rings. The maximum Gasteiger partial charge on any atom is 0.222 e. The largest absolute Gasteiger partial charge is 0.494 e. The number of amides is 2. The van der Waals surface area contributed by atoms with Gasteiger partial charge in [0.25, 0.3) is 0 Å². The molecule has 0 aromatic heterocycles. The molecule has 1 aromatic rings. The van der Waals surface area contributed by atoms with E-state index in [-0.39, 0.29) is 36.5 Å². The van der Waals surface area contributed by atoms with E-state index in [9.17, 15) is 14.4 Å². The molecule has 1 saturated heterocycles. The fourth-order valence-corrected chi connectivity index (χ4v) is 3.07. The Morgan fingerprint density at radius 2 is 1.74 bits per heavy atom. The van der Waals surface area contributed by atoms with Crippen molar-refractivity contribution in [1.82, 2.24) is 10.2 Å². The summed E-state index contributed by atoms with van der Waals surface area (Å²) in [6.07, 6.45) is 3.22. The van der Waals surface area contributed by atoms with Crippen LogP contribution in [0.2, 0.25) is 0 Å². The third-order valence-corrected chi connectivity index (χ3v) is 4.74. The Morgan fingerprint density at radius 3 is 2.37 bits per heavy atom. The van der Waals surface area contributed by atoms with E-state index in [4.69, 9.17) is 4.74 Å². The van der Waals surface area contributed by atoms with Crippen LogP contribution in [0.1, 0.15) is 51.0 Å². The molecule has 1 heterocycles. The second kappa shape index (κ2) is 10.7. The van der Waals surface area contributed by atoms with Crippen LogP contribution in [0.15, 0.2) is 24.3 Å². The molecule has 6 nitrogen and oxygen atoms in total. The monoisotopic (exact) mass is 374 g/mol. The van der Waals surface area contributed by atoms with Gasteiger partial charge in [-0.15, -0.1) is 0 Å². The molecule has 0 saturated carbocycles. The van der Waals surface area contributed by atoms with Crippen molar-refractivity contribution in [2.24, 2.45) is 0 Å². The van der Waals surface area contributed by atoms with Crippen LogP contribution < -0.4 is 10.1 Å². The summed E-state index contributed by atoms with van der Waals surface area (Å²) in [6, 6.07) is 7.98. The van der Waals surface area contributed by atoms with Crippen LogP contribution in [0.4, 0.5) is 0 Å². The van der Waals surface area contributed by atoms with Gasteiger partial charge in [0, 0.05) is 38.4 Å². The average Bonchev–Trinajstić information content (AvgIpc) is 2.65. The molecule has 0 bridgehead atoms. The van der Waals surface area contributed by atoms with E-state index >= 15 is 0 Å². The number of Topliss-reactive ketones (excluding diaryl/α,β-unsaturated/α-hetero) is 1. The molecule has 1 fully saturated rings. The van der Waals surface area contributed by atoms with Crippen molar-refractivity contribution in [3.8, 4) is 5.75 Å². The van der Waals surface area contributed by atoms with Gasteiger partial charge in [0.15, 0.2) is 0 Å². The summed E-state index contributed by atoms with van der Waals surface area (Å²) >= 11 is 0. The number of rotatable bonds is 9. The number of benzene rings is 1. The van der Waals surface area contributed by atoms with Crippen molar-refractivity contribution < 1.29 is 19.1 Å². The normalized spacial score (nSPS) is 14.7. The SMILES string of the molecule is CC(=O)CCC(=O)NC1CCN(C(=O)CCCOc2ccc(C)cc2)CC1. The van der Waals surface area contributed by atoms with Gasteiger partial charge in [0.05, 0.1) is 6.61 Å². The van der Waals surface area contributed by atoms with Crippen molar-refractivity contribution in [2.75, 3.05) is 19.7 Å². The van der Waals surface area contributed by atoms with Gasteiger partial charge in [-0.1, -0.05) is 17.7 Å². The molecule has 1 aliphatic heterocycles. The van der Waals surface area contributed by atoms with E-state index in [1.54, 1.807) is 0 Å². The Balaban J connectivity index is 1.59. The highest BCUT2D eigenvalue weighted by Crippen LogP contribution is 2.14. The Hall–Kier alpha value is -2.37. The summed E-state index contributed by atoms with van der Waals surface area (Å²) in [4.78, 5) is 36.9. The third-order valence-electron chi connectivity index (χ3n) is 4.74. The molecule has 6 heteroatoms. The molecule has 2 amide bonds. The highest BCUT2D eigenvalue weighted by molar-refractivity contribution is 5.83. The number of carbonyl (C=O) groups excluding carboxylic acids is 3. The Kier molecular flexibility index (Phi) is 8.30. The number of nitrogens with zero attached hydrogens (tertiary/aromatic N) is 1. The second-order valence-electron chi connectivity index (χ2n) is 7.19. The third kappa shape index (κ3) is 7.81. The molecule has 0 spiro atoms. The first kappa shape index (κ1) is 20.9. The fourth-order valence-electron chi connectivity index (χ4n) is 3.07. The highest BCUT2D eigenvalue weighted by Gasteiger charge is 2.23. The molecule has 0 radical (unpaired) electrons. The quantitative estimate of drug-likeness (QED) is 0.674. The van der Waals surface area contributed by atoms with E-state index in [0.29, 0.717) is 32.5 Å². The maximum atomic E-state index is 12.3. The van der Waals surface area contributed by atoms with Gasteiger partial charge in [0.2, 0.25) is 11.8 Å². The van der Waals surface area contributed by atoms with Crippen LogP contribution in [0.3, 0.4) is 0 Å². The van der Waals surface area contributed by atoms with Crippen molar-refractivity contribution in [2.45, 2.75) is 58.4 Å². The summed E-state index contributed by atoms with van der Waals surface area (Å²) < 4.78 is 5.66. The smallest absolute Gasteiger partial charge is 0.222 e. The minimum atomic E-state index is -0.0803. The maximum absolute atomic E-state index is 12.3. The summed E-state index contributed by atoms with van der Waals surface area (Å²) in [5.74, 6) is 0.915. The van der Waals surface area contributed by atoms with E-state index in [1.165, 1.54) is 12.5 Å². The van der Waals surface area contributed by atoms with Gasteiger partial charge in [-0.2, -0.15) is 0 Å². The lowest BCUT2D eigenvalue weighted by atomic mass is 10.0. The molecule has 27 heavy (non-hydrogen) atoms. The average molecular weight is 374 g/mol. The van der Waals surface area contributed by atoms with Gasteiger partial charge >= 0.3 is 0 Å². The first-order chi connectivity index (χ1) is 12.9. The van der Waals surface area contributed by atoms with E-state index in [2.05, 4.69) is 5.32 Å². The van der Waals surface area contributed by atoms with Gasteiger partial charge < -0.3 is 19.7 Å². The first-order valence-corrected chi connectivity index (χ1v) is 9.70. The van der Waals surface area contributed by atoms with Crippen molar-refractivity contribution >= 4 is 17.6 Å². The molecule has 2 rings (SSSR count). The molecule has 0 aliphatic carbocycles. The Bertz CT molecular complexity index is 634. The molecule has 0 unspecified atom stereocenters. The zero-order chi connectivity index (χ0) is 19.6. The summed E-state index contributed by atoms with van der Waals surface area (Å²) in [5, 5.41) is 2.96. The summed E-state index contributed by atoms with van der Waals surface area (Å²) in [7, 11) is 0. The van der Waals surface area contributed by atoms with Crippen LogP contribution in [0.25, 0.3) is 0 Å². The number of ketones is 1. The number of piperidine rings is 1. The minimum Gasteiger partial charge on any atom is -0.494 e. The summed E-state index contributed by atoms with van der Waals surface area (Å²) in [6.45, 7) is 5.37. The molecule has 148 valence electrons. The molecular weight excluding hydrogens is 344 g/mol. The van der Waals surface area contributed by atoms with Gasteiger partial charge in [-0.05, 0) is 45.2 Å². The lowest BCUT2D eigenvalue weighted by Gasteiger charge is -2.32. The predicted molar refractivity (Wildman–Crippen MR) is 104 cm³/mol. The zero-order valence-electron chi connectivity index (χ0n) is 16.3. The van der Waals surface area contributed by atoms with Gasteiger partial charge in [-0.3, -0.25) is 9.59 Å². The van der Waals surface area contributed by atoms with Crippen LogP contribution in [-0.2, 0) is 14.4 Å². The number of hydrogen-bond acceptors (Lipinski definition) is 4. The van der Waals surface area contributed by atoms with E-state index < -0.39 is 0 Å². The van der Waals surface area contributed by atoms with Crippen LogP contribution in [0, 0.1) is 6.92 Å². The van der Waals surface area contributed by atoms with Crippen molar-refractivity contribution in [3.05, 3.63) is 29.8 Å². The standard InChI is InChI=1S/C21H30N2O4/c1-16-5-8-19(9-6-16)27-15-3-4-21(26)23-13-11-18(12-14-23)22-20(25)10-7-17(2)24/h5-6,8-9,18H,3-4,7,10-15H2,1-2H3,(H,22,25). The second-order valence-corrected chi connectivity index (χ2v) is 7.19. The van der Waals surface area contributed by atoms with Gasteiger partial charge in [0.1, 0.15) is 11.5 Å². The van der Waals surface area contributed by atoms with Gasteiger partial charge in [-0.25, -0.2) is 0 Å². The van der Waals surface area contributed by atoms with Crippen molar-refractivity contribution in [1.29, 1.82) is 0 Å².